The molecule has 0 fully saturated rings. The fourth-order valence-corrected chi connectivity index (χ4v) is 0.518. The maximum Gasteiger partial charge on any atom is 0.204 e. The smallest absolute Gasteiger partial charge is 0.204 e. The third-order valence-electron chi connectivity index (χ3n) is 0.802. The lowest BCUT2D eigenvalue weighted by molar-refractivity contribution is 0.933. The van der Waals surface area contributed by atoms with Gasteiger partial charge in [0.1, 0.15) is 0 Å². The zero-order valence-corrected chi connectivity index (χ0v) is 6.65. The molecule has 5 heteroatoms. The standard InChI is InChI=1S/C5H10N4S/c1-7-5(9-4-6)8-2-3-10/h10H,2-3H2,1H3,(H2,7,8,9). The van der Waals surface area contributed by atoms with Gasteiger partial charge in [-0.1, -0.05) is 0 Å². The van der Waals surface area contributed by atoms with Crippen molar-refractivity contribution >= 4 is 18.6 Å². The minimum absolute atomic E-state index is 0.483. The van der Waals surface area contributed by atoms with Crippen molar-refractivity contribution in [1.29, 1.82) is 5.26 Å². The monoisotopic (exact) mass is 158 g/mol. The van der Waals surface area contributed by atoms with Crippen molar-refractivity contribution in [2.45, 2.75) is 0 Å². The van der Waals surface area contributed by atoms with Crippen LogP contribution in [-0.2, 0) is 0 Å². The summed E-state index contributed by atoms with van der Waals surface area (Å²) in [6, 6.07) is 0. The molecular formula is C5H10N4S. The van der Waals surface area contributed by atoms with E-state index in [0.717, 1.165) is 0 Å². The Labute approximate surface area is 65.7 Å². The maximum atomic E-state index is 8.17. The predicted octanol–water partition coefficient (Wildman–Crippen LogP) is -0.438. The van der Waals surface area contributed by atoms with Gasteiger partial charge in [-0.05, 0) is 0 Å². The van der Waals surface area contributed by atoms with Crippen LogP contribution in [0.2, 0.25) is 0 Å². The number of nitriles is 1. The van der Waals surface area contributed by atoms with Crippen molar-refractivity contribution in [2.75, 3.05) is 19.3 Å². The summed E-state index contributed by atoms with van der Waals surface area (Å²) in [5.74, 6) is 1.20. The molecule has 10 heavy (non-hydrogen) atoms. The van der Waals surface area contributed by atoms with Crippen LogP contribution in [0, 0.1) is 11.5 Å². The van der Waals surface area contributed by atoms with Crippen LogP contribution >= 0.6 is 12.6 Å². The van der Waals surface area contributed by atoms with Crippen molar-refractivity contribution in [1.82, 2.24) is 10.6 Å². The first-order valence-corrected chi connectivity index (χ1v) is 3.45. The molecule has 2 N–H and O–H groups in total. The highest BCUT2D eigenvalue weighted by molar-refractivity contribution is 7.80. The molecule has 0 aliphatic rings. The van der Waals surface area contributed by atoms with Gasteiger partial charge in [-0.25, -0.2) is 0 Å². The maximum absolute atomic E-state index is 8.17. The SMILES string of the molecule is CN=C(NC#N)NCCS. The largest absolute Gasteiger partial charge is 0.355 e. The van der Waals surface area contributed by atoms with Crippen LogP contribution in [-0.4, -0.2) is 25.3 Å². The molecule has 0 amide bonds. The Kier molecular flexibility index (Phi) is 5.68. The predicted molar refractivity (Wildman–Crippen MR) is 44.0 cm³/mol. The average molecular weight is 158 g/mol. The van der Waals surface area contributed by atoms with Gasteiger partial charge in [0.25, 0.3) is 0 Å². The van der Waals surface area contributed by atoms with Gasteiger partial charge in [0.05, 0.1) is 0 Å². The molecule has 0 aliphatic carbocycles. The molecule has 0 aliphatic heterocycles. The van der Waals surface area contributed by atoms with Crippen LogP contribution in [0.15, 0.2) is 4.99 Å². The minimum atomic E-state index is 0.483. The van der Waals surface area contributed by atoms with Crippen LogP contribution in [0.3, 0.4) is 0 Å². The van der Waals surface area contributed by atoms with Crippen LogP contribution in [0.4, 0.5) is 0 Å². The van der Waals surface area contributed by atoms with E-state index in [-0.39, 0.29) is 0 Å². The summed E-state index contributed by atoms with van der Waals surface area (Å²) in [7, 11) is 1.60. The van der Waals surface area contributed by atoms with Gasteiger partial charge >= 0.3 is 0 Å². The van der Waals surface area contributed by atoms with Gasteiger partial charge < -0.3 is 5.32 Å². The molecule has 0 saturated heterocycles. The topological polar surface area (TPSA) is 60.2 Å². The van der Waals surface area contributed by atoms with E-state index in [9.17, 15) is 0 Å². The van der Waals surface area contributed by atoms with Gasteiger partial charge in [-0.3, -0.25) is 10.3 Å². The Balaban J connectivity index is 3.54. The molecule has 0 rings (SSSR count). The van der Waals surface area contributed by atoms with Crippen LogP contribution in [0.1, 0.15) is 0 Å². The number of nitrogens with one attached hydrogen (secondary N) is 2. The number of hydrogen-bond donors (Lipinski definition) is 3. The Morgan fingerprint density at radius 3 is 2.90 bits per heavy atom. The number of aliphatic imine (C=N–C) groups is 1. The van der Waals surface area contributed by atoms with E-state index < -0.39 is 0 Å². The first kappa shape index (κ1) is 9.11. The van der Waals surface area contributed by atoms with Gasteiger partial charge in [-0.2, -0.15) is 17.9 Å². The zero-order valence-electron chi connectivity index (χ0n) is 5.76. The van der Waals surface area contributed by atoms with Crippen molar-refractivity contribution < 1.29 is 0 Å². The molecule has 0 aromatic rings. The molecule has 0 heterocycles. The molecule has 0 bridgehead atoms. The summed E-state index contributed by atoms with van der Waals surface area (Å²) in [5, 5.41) is 13.4. The van der Waals surface area contributed by atoms with E-state index in [2.05, 4.69) is 28.3 Å². The Morgan fingerprint density at radius 2 is 2.50 bits per heavy atom. The van der Waals surface area contributed by atoms with Gasteiger partial charge in [0.15, 0.2) is 6.19 Å². The second-order valence-corrected chi connectivity index (χ2v) is 1.91. The molecule has 0 spiro atoms. The zero-order chi connectivity index (χ0) is 7.82. The second kappa shape index (κ2) is 6.23. The summed E-state index contributed by atoms with van der Waals surface area (Å²) >= 11 is 3.97. The fraction of sp³-hybridized carbons (Fsp3) is 0.600. The summed E-state index contributed by atoms with van der Waals surface area (Å²) < 4.78 is 0. The number of thiol groups is 1. The molecule has 0 unspecified atom stereocenters. The highest BCUT2D eigenvalue weighted by Crippen LogP contribution is 1.69. The quantitative estimate of drug-likeness (QED) is 0.168. The van der Waals surface area contributed by atoms with E-state index in [1.165, 1.54) is 0 Å². The van der Waals surface area contributed by atoms with E-state index in [1.807, 2.05) is 0 Å². The third-order valence-corrected chi connectivity index (χ3v) is 1.03. The molecule has 4 nitrogen and oxygen atoms in total. The minimum Gasteiger partial charge on any atom is -0.355 e. The summed E-state index contributed by atoms with van der Waals surface area (Å²) in [6.45, 7) is 0.699. The van der Waals surface area contributed by atoms with Gasteiger partial charge in [0, 0.05) is 19.3 Å². The number of guanidine groups is 1. The lowest BCUT2D eigenvalue weighted by Gasteiger charge is -2.03. The van der Waals surface area contributed by atoms with Crippen molar-refractivity contribution in [3.05, 3.63) is 0 Å². The van der Waals surface area contributed by atoms with Gasteiger partial charge in [-0.15, -0.1) is 0 Å². The van der Waals surface area contributed by atoms with Crippen LogP contribution < -0.4 is 10.6 Å². The lowest BCUT2D eigenvalue weighted by Crippen LogP contribution is -2.35. The summed E-state index contributed by atoms with van der Waals surface area (Å²) in [5.41, 5.74) is 0. The Morgan fingerprint density at radius 1 is 1.80 bits per heavy atom. The highest BCUT2D eigenvalue weighted by atomic mass is 32.1. The molecule has 0 saturated carbocycles. The number of rotatable bonds is 2. The number of hydrogen-bond acceptors (Lipinski definition) is 3. The van der Waals surface area contributed by atoms with E-state index >= 15 is 0 Å². The first-order chi connectivity index (χ1) is 4.85. The molecule has 0 radical (unpaired) electrons. The van der Waals surface area contributed by atoms with Crippen LogP contribution in [0.5, 0.6) is 0 Å². The molecule has 0 atom stereocenters. The van der Waals surface area contributed by atoms with E-state index in [4.69, 9.17) is 5.26 Å². The van der Waals surface area contributed by atoms with Gasteiger partial charge in [0.2, 0.25) is 5.96 Å². The Hall–Kier alpha value is -0.890. The summed E-state index contributed by atoms with van der Waals surface area (Å²) in [4.78, 5) is 3.75. The fourth-order valence-electron chi connectivity index (χ4n) is 0.406. The average Bonchev–Trinajstić information content (AvgIpc) is 1.98. The Bertz CT molecular complexity index is 148. The molecular weight excluding hydrogens is 148 g/mol. The van der Waals surface area contributed by atoms with E-state index in [1.54, 1.807) is 13.2 Å². The summed E-state index contributed by atoms with van der Waals surface area (Å²) in [6.07, 6.45) is 1.76. The van der Waals surface area contributed by atoms with Crippen molar-refractivity contribution in [3.8, 4) is 6.19 Å². The second-order valence-electron chi connectivity index (χ2n) is 1.46. The molecule has 0 aromatic carbocycles. The van der Waals surface area contributed by atoms with Crippen molar-refractivity contribution in [3.63, 3.8) is 0 Å². The first-order valence-electron chi connectivity index (χ1n) is 2.81. The normalized spacial score (nSPS) is 10.3. The highest BCUT2D eigenvalue weighted by Gasteiger charge is 1.90. The molecule has 0 aromatic heterocycles. The third kappa shape index (κ3) is 4.04. The lowest BCUT2D eigenvalue weighted by atomic mass is 10.7. The number of nitrogens with zero attached hydrogens (tertiary/aromatic N) is 2. The van der Waals surface area contributed by atoms with Crippen molar-refractivity contribution in [2.24, 2.45) is 4.99 Å². The molecule has 56 valence electrons. The van der Waals surface area contributed by atoms with E-state index in [0.29, 0.717) is 18.3 Å². The van der Waals surface area contributed by atoms with Crippen LogP contribution in [0.25, 0.3) is 0 Å².